The van der Waals surface area contributed by atoms with Crippen molar-refractivity contribution in [2.24, 2.45) is 5.92 Å². The van der Waals surface area contributed by atoms with Gasteiger partial charge in [-0.2, -0.15) is 0 Å². The molecule has 1 atom stereocenters. The number of nitrogens with one attached hydrogen (secondary N) is 1. The van der Waals surface area contributed by atoms with Gasteiger partial charge in [0.1, 0.15) is 0 Å². The quantitative estimate of drug-likeness (QED) is 0.780. The van der Waals surface area contributed by atoms with Gasteiger partial charge in [0.15, 0.2) is 5.13 Å². The largest absolute Gasteiger partial charge is 0.394 e. The molecule has 1 aromatic heterocycles. The maximum Gasteiger partial charge on any atom is 0.183 e. The Hall–Kier alpha value is -0.610. The Labute approximate surface area is 82.8 Å². The normalized spacial score (nSPS) is 13.3. The van der Waals surface area contributed by atoms with Crippen molar-refractivity contribution in [3.63, 3.8) is 0 Å². The first-order chi connectivity index (χ1) is 6.13. The lowest BCUT2D eigenvalue weighted by atomic mass is 10.1. The number of aliphatic hydroxyl groups excluding tert-OH is 1. The van der Waals surface area contributed by atoms with Crippen molar-refractivity contribution in [2.45, 2.75) is 26.8 Å². The Morgan fingerprint density at radius 3 is 2.69 bits per heavy atom. The average Bonchev–Trinajstić information content (AvgIpc) is 2.46. The minimum atomic E-state index is 0.102. The van der Waals surface area contributed by atoms with Crippen molar-refractivity contribution in [3.05, 3.63) is 11.1 Å². The standard InChI is InChI=1S/C9H16N2OS/c1-6(2)8(5-12)11-9-10-4-7(3)13-9/h4,6,8,12H,5H2,1-3H3,(H,10,11)/t8-/m1/s1. The van der Waals surface area contributed by atoms with E-state index >= 15 is 0 Å². The van der Waals surface area contributed by atoms with Gasteiger partial charge in [0.05, 0.1) is 12.6 Å². The molecular formula is C9H16N2OS. The highest BCUT2D eigenvalue weighted by Gasteiger charge is 2.12. The Morgan fingerprint density at radius 2 is 2.31 bits per heavy atom. The molecular weight excluding hydrogens is 184 g/mol. The molecule has 0 aliphatic heterocycles. The van der Waals surface area contributed by atoms with E-state index in [2.05, 4.69) is 24.1 Å². The van der Waals surface area contributed by atoms with Crippen LogP contribution in [0.2, 0.25) is 0 Å². The van der Waals surface area contributed by atoms with Gasteiger partial charge in [-0.15, -0.1) is 11.3 Å². The zero-order valence-corrected chi connectivity index (χ0v) is 9.06. The molecule has 0 aromatic carbocycles. The Kier molecular flexibility index (Phi) is 3.69. The lowest BCUT2D eigenvalue weighted by Crippen LogP contribution is -2.29. The molecule has 0 unspecified atom stereocenters. The van der Waals surface area contributed by atoms with Gasteiger partial charge in [0, 0.05) is 11.1 Å². The lowest BCUT2D eigenvalue weighted by Gasteiger charge is -2.18. The molecule has 0 amide bonds. The number of anilines is 1. The summed E-state index contributed by atoms with van der Waals surface area (Å²) in [6.45, 7) is 6.32. The third-order valence-electron chi connectivity index (χ3n) is 1.93. The summed E-state index contributed by atoms with van der Waals surface area (Å²) in [5, 5.41) is 13.2. The molecule has 4 heteroatoms. The fourth-order valence-electron chi connectivity index (χ4n) is 1.00. The molecule has 74 valence electrons. The van der Waals surface area contributed by atoms with Crippen LogP contribution in [0.4, 0.5) is 5.13 Å². The van der Waals surface area contributed by atoms with E-state index < -0.39 is 0 Å². The van der Waals surface area contributed by atoms with Crippen molar-refractivity contribution in [1.29, 1.82) is 0 Å². The fraction of sp³-hybridized carbons (Fsp3) is 0.667. The van der Waals surface area contributed by atoms with E-state index in [9.17, 15) is 0 Å². The molecule has 1 aromatic rings. The SMILES string of the molecule is Cc1cnc(N[C@H](CO)C(C)C)s1. The van der Waals surface area contributed by atoms with E-state index in [0.29, 0.717) is 5.92 Å². The molecule has 0 radical (unpaired) electrons. The van der Waals surface area contributed by atoms with E-state index in [1.165, 1.54) is 4.88 Å². The number of aromatic nitrogens is 1. The maximum absolute atomic E-state index is 9.08. The fourth-order valence-corrected chi connectivity index (χ4v) is 1.73. The van der Waals surface area contributed by atoms with E-state index in [0.717, 1.165) is 5.13 Å². The molecule has 1 rings (SSSR count). The minimum Gasteiger partial charge on any atom is -0.394 e. The zero-order chi connectivity index (χ0) is 9.84. The second kappa shape index (κ2) is 4.58. The summed E-state index contributed by atoms with van der Waals surface area (Å²) in [7, 11) is 0. The number of hydrogen-bond donors (Lipinski definition) is 2. The van der Waals surface area contributed by atoms with Crippen molar-refractivity contribution >= 4 is 16.5 Å². The van der Waals surface area contributed by atoms with Crippen molar-refractivity contribution in [2.75, 3.05) is 11.9 Å². The number of thiazole rings is 1. The van der Waals surface area contributed by atoms with Crippen LogP contribution in [0.25, 0.3) is 0 Å². The summed E-state index contributed by atoms with van der Waals surface area (Å²) in [6.07, 6.45) is 1.84. The molecule has 0 fully saturated rings. The highest BCUT2D eigenvalue weighted by Crippen LogP contribution is 2.19. The third-order valence-corrected chi connectivity index (χ3v) is 2.78. The molecule has 0 bridgehead atoms. The summed E-state index contributed by atoms with van der Waals surface area (Å²) in [6, 6.07) is 0.102. The Bertz CT molecular complexity index is 260. The highest BCUT2D eigenvalue weighted by atomic mass is 32.1. The summed E-state index contributed by atoms with van der Waals surface area (Å²) < 4.78 is 0. The molecule has 0 spiro atoms. The third kappa shape index (κ3) is 2.97. The van der Waals surface area contributed by atoms with E-state index in [1.807, 2.05) is 13.1 Å². The number of aryl methyl sites for hydroxylation is 1. The summed E-state index contributed by atoms with van der Waals surface area (Å²) in [5.41, 5.74) is 0. The van der Waals surface area contributed by atoms with Gasteiger partial charge in [0.2, 0.25) is 0 Å². The van der Waals surface area contributed by atoms with E-state index in [-0.39, 0.29) is 12.6 Å². The van der Waals surface area contributed by atoms with Crippen molar-refractivity contribution in [3.8, 4) is 0 Å². The van der Waals surface area contributed by atoms with Crippen LogP contribution in [-0.4, -0.2) is 22.7 Å². The van der Waals surface area contributed by atoms with Gasteiger partial charge in [-0.3, -0.25) is 0 Å². The monoisotopic (exact) mass is 200 g/mol. The molecule has 0 aliphatic carbocycles. The molecule has 0 aliphatic rings. The van der Waals surface area contributed by atoms with Gasteiger partial charge >= 0.3 is 0 Å². The Balaban J connectivity index is 2.56. The topological polar surface area (TPSA) is 45.2 Å². The van der Waals surface area contributed by atoms with Gasteiger partial charge in [-0.1, -0.05) is 13.8 Å². The summed E-state index contributed by atoms with van der Waals surface area (Å²) in [4.78, 5) is 5.37. The minimum absolute atomic E-state index is 0.102. The maximum atomic E-state index is 9.08. The summed E-state index contributed by atoms with van der Waals surface area (Å²) >= 11 is 1.62. The predicted octanol–water partition coefficient (Wildman–Crippen LogP) is 1.88. The second-order valence-corrected chi connectivity index (χ2v) is 4.69. The van der Waals surface area contributed by atoms with Crippen LogP contribution in [0.5, 0.6) is 0 Å². The number of aliphatic hydroxyl groups is 1. The van der Waals surface area contributed by atoms with Crippen LogP contribution >= 0.6 is 11.3 Å². The Morgan fingerprint density at radius 1 is 1.62 bits per heavy atom. The van der Waals surface area contributed by atoms with Crippen LogP contribution in [-0.2, 0) is 0 Å². The van der Waals surface area contributed by atoms with Crippen LogP contribution in [0.3, 0.4) is 0 Å². The smallest absolute Gasteiger partial charge is 0.183 e. The van der Waals surface area contributed by atoms with Gasteiger partial charge in [-0.25, -0.2) is 4.98 Å². The molecule has 13 heavy (non-hydrogen) atoms. The number of rotatable bonds is 4. The van der Waals surface area contributed by atoms with Gasteiger partial charge < -0.3 is 10.4 Å². The van der Waals surface area contributed by atoms with Crippen LogP contribution in [0.15, 0.2) is 6.20 Å². The van der Waals surface area contributed by atoms with Crippen molar-refractivity contribution < 1.29 is 5.11 Å². The summed E-state index contributed by atoms with van der Waals surface area (Å²) in [5.74, 6) is 0.411. The molecule has 0 saturated carbocycles. The van der Waals surface area contributed by atoms with Gasteiger partial charge in [-0.05, 0) is 12.8 Å². The molecule has 3 nitrogen and oxygen atoms in total. The molecule has 1 heterocycles. The molecule has 0 saturated heterocycles. The lowest BCUT2D eigenvalue weighted by molar-refractivity contribution is 0.249. The van der Waals surface area contributed by atoms with Crippen LogP contribution in [0, 0.1) is 12.8 Å². The van der Waals surface area contributed by atoms with Crippen molar-refractivity contribution in [1.82, 2.24) is 4.98 Å². The first-order valence-corrected chi connectivity index (χ1v) is 5.25. The van der Waals surface area contributed by atoms with Gasteiger partial charge in [0.25, 0.3) is 0 Å². The first kappa shape index (κ1) is 10.5. The van der Waals surface area contributed by atoms with Crippen LogP contribution in [0.1, 0.15) is 18.7 Å². The second-order valence-electron chi connectivity index (χ2n) is 3.45. The number of hydrogen-bond acceptors (Lipinski definition) is 4. The first-order valence-electron chi connectivity index (χ1n) is 4.43. The average molecular weight is 200 g/mol. The molecule has 2 N–H and O–H groups in total. The van der Waals surface area contributed by atoms with E-state index in [4.69, 9.17) is 5.11 Å². The van der Waals surface area contributed by atoms with Crippen LogP contribution < -0.4 is 5.32 Å². The highest BCUT2D eigenvalue weighted by molar-refractivity contribution is 7.15. The zero-order valence-electron chi connectivity index (χ0n) is 8.24. The number of nitrogens with zero attached hydrogens (tertiary/aromatic N) is 1. The predicted molar refractivity (Wildman–Crippen MR) is 56.2 cm³/mol. The van der Waals surface area contributed by atoms with E-state index in [1.54, 1.807) is 11.3 Å².